The van der Waals surface area contributed by atoms with E-state index in [4.69, 9.17) is 4.42 Å². The van der Waals surface area contributed by atoms with Crippen LogP contribution in [0.15, 0.2) is 68.8 Å². The lowest BCUT2D eigenvalue weighted by Crippen LogP contribution is -2.13. The molecule has 124 valence electrons. The van der Waals surface area contributed by atoms with E-state index >= 15 is 0 Å². The number of aryl methyl sites for hydroxylation is 1. The molecule has 25 heavy (non-hydrogen) atoms. The number of benzene rings is 1. The minimum absolute atomic E-state index is 0.00939. The fourth-order valence-corrected chi connectivity index (χ4v) is 3.14. The van der Waals surface area contributed by atoms with Gasteiger partial charge in [0.2, 0.25) is 0 Å². The number of fused-ring (bicyclic) bond motifs is 1. The van der Waals surface area contributed by atoms with Crippen LogP contribution in [-0.2, 0) is 0 Å². The molecular formula is C21H18N2O2. The van der Waals surface area contributed by atoms with Crippen molar-refractivity contribution < 1.29 is 4.42 Å². The third-order valence-electron chi connectivity index (χ3n) is 4.40. The molecule has 0 aliphatic carbocycles. The van der Waals surface area contributed by atoms with Gasteiger partial charge in [0.1, 0.15) is 11.8 Å². The Hall–Kier alpha value is -3.01. The summed E-state index contributed by atoms with van der Waals surface area (Å²) >= 11 is 0. The van der Waals surface area contributed by atoms with E-state index in [0.29, 0.717) is 16.5 Å². The molecule has 1 aromatic carbocycles. The van der Waals surface area contributed by atoms with Crippen molar-refractivity contribution in [2.45, 2.75) is 19.8 Å². The first kappa shape index (κ1) is 15.5. The van der Waals surface area contributed by atoms with Gasteiger partial charge in [-0.3, -0.25) is 14.8 Å². The predicted molar refractivity (Wildman–Crippen MR) is 100 cm³/mol. The van der Waals surface area contributed by atoms with Crippen LogP contribution < -0.4 is 5.43 Å². The monoisotopic (exact) mass is 330 g/mol. The molecule has 2 aromatic heterocycles. The summed E-state index contributed by atoms with van der Waals surface area (Å²) in [5.74, 6) is 0. The Morgan fingerprint density at radius 1 is 1.24 bits per heavy atom. The molecule has 0 atom stereocenters. The first-order chi connectivity index (χ1) is 12.2. The second kappa shape index (κ2) is 6.48. The highest BCUT2D eigenvalue weighted by molar-refractivity contribution is 6.15. The quantitative estimate of drug-likeness (QED) is 0.709. The topological polar surface area (TPSA) is 55.5 Å². The largest absolute Gasteiger partial charge is 0.463 e. The normalized spacial score (nSPS) is 16.2. The van der Waals surface area contributed by atoms with Gasteiger partial charge < -0.3 is 4.42 Å². The molecule has 4 rings (SSSR count). The number of aromatic nitrogens is 1. The van der Waals surface area contributed by atoms with Crippen LogP contribution in [0.3, 0.4) is 0 Å². The van der Waals surface area contributed by atoms with Gasteiger partial charge in [0, 0.05) is 24.5 Å². The van der Waals surface area contributed by atoms with Crippen molar-refractivity contribution >= 4 is 22.8 Å². The SMILES string of the molecule is Cc1ccc2c(=O)c(/C=C3\CCCN=C3c3cccnc3)coc2c1. The highest BCUT2D eigenvalue weighted by Crippen LogP contribution is 2.22. The van der Waals surface area contributed by atoms with Gasteiger partial charge >= 0.3 is 0 Å². The molecule has 0 spiro atoms. The summed E-state index contributed by atoms with van der Waals surface area (Å²) in [5, 5.41) is 0.607. The molecule has 4 heteroatoms. The van der Waals surface area contributed by atoms with Crippen LogP contribution in [0.1, 0.15) is 29.5 Å². The van der Waals surface area contributed by atoms with E-state index in [9.17, 15) is 4.79 Å². The van der Waals surface area contributed by atoms with Gasteiger partial charge in [-0.25, -0.2) is 0 Å². The first-order valence-electron chi connectivity index (χ1n) is 8.40. The van der Waals surface area contributed by atoms with E-state index in [1.54, 1.807) is 12.5 Å². The summed E-state index contributed by atoms with van der Waals surface area (Å²) in [7, 11) is 0. The van der Waals surface area contributed by atoms with Gasteiger partial charge in [0.15, 0.2) is 5.43 Å². The van der Waals surface area contributed by atoms with Crippen LogP contribution in [0.4, 0.5) is 0 Å². The smallest absolute Gasteiger partial charge is 0.199 e. The van der Waals surface area contributed by atoms with Gasteiger partial charge in [-0.2, -0.15) is 0 Å². The van der Waals surface area contributed by atoms with Crippen LogP contribution in [0, 0.1) is 6.92 Å². The molecule has 4 nitrogen and oxygen atoms in total. The van der Waals surface area contributed by atoms with Crippen LogP contribution in [0.2, 0.25) is 0 Å². The van der Waals surface area contributed by atoms with Gasteiger partial charge in [0.25, 0.3) is 0 Å². The van der Waals surface area contributed by atoms with Crippen molar-refractivity contribution in [3.63, 3.8) is 0 Å². The molecule has 0 saturated carbocycles. The highest BCUT2D eigenvalue weighted by Gasteiger charge is 2.15. The number of rotatable bonds is 2. The maximum absolute atomic E-state index is 12.8. The predicted octanol–water partition coefficient (Wildman–Crippen LogP) is 4.16. The molecule has 0 bridgehead atoms. The number of pyridine rings is 1. The average molecular weight is 330 g/mol. The maximum Gasteiger partial charge on any atom is 0.199 e. The maximum atomic E-state index is 12.8. The zero-order chi connectivity index (χ0) is 17.2. The summed E-state index contributed by atoms with van der Waals surface area (Å²) in [5.41, 5.74) is 5.20. The molecule has 0 radical (unpaired) electrons. The third-order valence-corrected chi connectivity index (χ3v) is 4.40. The molecular weight excluding hydrogens is 312 g/mol. The Morgan fingerprint density at radius 3 is 3.00 bits per heavy atom. The van der Waals surface area contributed by atoms with Gasteiger partial charge in [0.05, 0.1) is 16.7 Å². The number of allylic oxidation sites excluding steroid dienone is 1. The van der Waals surface area contributed by atoms with Crippen LogP contribution in [0.25, 0.3) is 17.0 Å². The molecule has 0 saturated heterocycles. The van der Waals surface area contributed by atoms with E-state index in [-0.39, 0.29) is 5.43 Å². The van der Waals surface area contributed by atoms with Crippen molar-refractivity contribution in [2.24, 2.45) is 4.99 Å². The minimum Gasteiger partial charge on any atom is -0.463 e. The summed E-state index contributed by atoms with van der Waals surface area (Å²) in [6.07, 6.45) is 8.88. The van der Waals surface area contributed by atoms with Crippen molar-refractivity contribution in [3.05, 3.63) is 81.5 Å². The van der Waals surface area contributed by atoms with E-state index in [1.165, 1.54) is 0 Å². The Kier molecular flexibility index (Phi) is 4.02. The van der Waals surface area contributed by atoms with Crippen molar-refractivity contribution in [2.75, 3.05) is 6.54 Å². The molecule has 3 heterocycles. The standard InChI is InChI=1S/C21H18N2O2/c1-14-6-7-18-19(10-14)25-13-17(21(18)24)11-15-4-3-9-23-20(15)16-5-2-8-22-12-16/h2,5-8,10-13H,3-4,9H2,1H3/b15-11+. The Balaban J connectivity index is 1.82. The van der Waals surface area contributed by atoms with Crippen molar-refractivity contribution in [1.29, 1.82) is 0 Å². The van der Waals surface area contributed by atoms with E-state index in [1.807, 2.05) is 49.5 Å². The van der Waals surface area contributed by atoms with Gasteiger partial charge in [-0.1, -0.05) is 6.07 Å². The summed E-state index contributed by atoms with van der Waals surface area (Å²) in [4.78, 5) is 21.6. The second-order valence-corrected chi connectivity index (χ2v) is 6.26. The lowest BCUT2D eigenvalue weighted by molar-refractivity contribution is 0.600. The molecule has 1 aliphatic rings. The van der Waals surface area contributed by atoms with Crippen molar-refractivity contribution in [1.82, 2.24) is 4.98 Å². The van der Waals surface area contributed by atoms with Crippen LogP contribution in [-0.4, -0.2) is 17.2 Å². The number of hydrogen-bond donors (Lipinski definition) is 0. The second-order valence-electron chi connectivity index (χ2n) is 6.26. The average Bonchev–Trinajstić information content (AvgIpc) is 2.65. The molecule has 3 aromatic rings. The lowest BCUT2D eigenvalue weighted by Gasteiger charge is -2.16. The lowest BCUT2D eigenvalue weighted by atomic mass is 9.95. The molecule has 1 aliphatic heterocycles. The van der Waals surface area contributed by atoms with Crippen molar-refractivity contribution in [3.8, 4) is 0 Å². The fraction of sp³-hybridized carbons (Fsp3) is 0.190. The molecule has 0 fully saturated rings. The van der Waals surface area contributed by atoms with Gasteiger partial charge in [-0.05, 0) is 61.2 Å². The Labute approximate surface area is 145 Å². The van der Waals surface area contributed by atoms with Crippen LogP contribution in [0.5, 0.6) is 0 Å². The third kappa shape index (κ3) is 3.03. The molecule has 0 N–H and O–H groups in total. The molecule has 0 amide bonds. The van der Waals surface area contributed by atoms with E-state index < -0.39 is 0 Å². The van der Waals surface area contributed by atoms with Crippen LogP contribution >= 0.6 is 0 Å². The molecule has 0 unspecified atom stereocenters. The van der Waals surface area contributed by atoms with E-state index in [0.717, 1.165) is 41.8 Å². The minimum atomic E-state index is -0.00939. The number of aliphatic imine (C=N–C) groups is 1. The summed E-state index contributed by atoms with van der Waals surface area (Å²) in [6.45, 7) is 2.78. The first-order valence-corrected chi connectivity index (χ1v) is 8.40. The number of nitrogens with zero attached hydrogens (tertiary/aromatic N) is 2. The summed E-state index contributed by atoms with van der Waals surface area (Å²) in [6, 6.07) is 9.54. The zero-order valence-corrected chi connectivity index (χ0v) is 14.0. The Bertz CT molecular complexity index is 1050. The fourth-order valence-electron chi connectivity index (χ4n) is 3.14. The van der Waals surface area contributed by atoms with E-state index in [2.05, 4.69) is 9.98 Å². The van der Waals surface area contributed by atoms with Gasteiger partial charge in [-0.15, -0.1) is 0 Å². The summed E-state index contributed by atoms with van der Waals surface area (Å²) < 4.78 is 5.69. The Morgan fingerprint density at radius 2 is 2.16 bits per heavy atom. The zero-order valence-electron chi connectivity index (χ0n) is 14.0. The number of hydrogen-bond acceptors (Lipinski definition) is 4. The highest BCUT2D eigenvalue weighted by atomic mass is 16.3.